The summed E-state index contributed by atoms with van der Waals surface area (Å²) in [6, 6.07) is 8.38. The standard InChI is InChI=1S/C22H19F2N5O2/c23-14-3-1-12(2-4-14)20-19(22-27-11-28-29(22)5-6-30)21-18-13(9-25-20)7-15(24)8-16(18)17(31)10-26-21/h1-4,7-8,11,19-20,25,30H,5-6,9-10H2. The van der Waals surface area contributed by atoms with Crippen LogP contribution in [0.1, 0.15) is 44.8 Å². The molecule has 0 radical (unpaired) electrons. The maximum atomic E-state index is 14.3. The van der Waals surface area contributed by atoms with Gasteiger partial charge in [0.05, 0.1) is 24.8 Å². The lowest BCUT2D eigenvalue weighted by atomic mass is 9.82. The Labute approximate surface area is 176 Å². The second kappa shape index (κ2) is 7.75. The first kappa shape index (κ1) is 19.7. The van der Waals surface area contributed by atoms with Gasteiger partial charge in [0.2, 0.25) is 0 Å². The van der Waals surface area contributed by atoms with Crippen LogP contribution in [-0.4, -0.2) is 44.5 Å². The normalized spacial score (nSPS) is 20.2. The van der Waals surface area contributed by atoms with Gasteiger partial charge in [-0.25, -0.2) is 18.4 Å². The number of rotatable bonds is 4. The van der Waals surface area contributed by atoms with Gasteiger partial charge in [0, 0.05) is 23.7 Å². The van der Waals surface area contributed by atoms with Crippen LogP contribution in [0.2, 0.25) is 0 Å². The summed E-state index contributed by atoms with van der Waals surface area (Å²) in [5.74, 6) is -1.02. The molecule has 0 bridgehead atoms. The molecule has 2 aliphatic rings. The number of nitrogens with zero attached hydrogens (tertiary/aromatic N) is 4. The molecule has 0 saturated carbocycles. The van der Waals surface area contributed by atoms with Gasteiger partial charge in [-0.3, -0.25) is 9.79 Å². The molecule has 0 saturated heterocycles. The van der Waals surface area contributed by atoms with Gasteiger partial charge < -0.3 is 10.4 Å². The van der Waals surface area contributed by atoms with Crippen LogP contribution in [0.25, 0.3) is 0 Å². The smallest absolute Gasteiger partial charge is 0.184 e. The molecule has 2 aromatic carbocycles. The quantitative estimate of drug-likeness (QED) is 0.671. The minimum absolute atomic E-state index is 0.0913. The molecule has 3 aromatic rings. The van der Waals surface area contributed by atoms with Crippen molar-refractivity contribution < 1.29 is 18.7 Å². The molecule has 2 N–H and O–H groups in total. The van der Waals surface area contributed by atoms with E-state index in [0.717, 1.165) is 5.56 Å². The van der Waals surface area contributed by atoms with Crippen LogP contribution in [0.4, 0.5) is 8.78 Å². The number of ketones is 1. The topological polar surface area (TPSA) is 92.4 Å². The zero-order valence-electron chi connectivity index (χ0n) is 16.4. The third-order valence-electron chi connectivity index (χ3n) is 5.74. The molecule has 31 heavy (non-hydrogen) atoms. The highest BCUT2D eigenvalue weighted by atomic mass is 19.1. The van der Waals surface area contributed by atoms with Gasteiger partial charge in [-0.2, -0.15) is 5.10 Å². The fourth-order valence-corrected chi connectivity index (χ4v) is 4.43. The summed E-state index contributed by atoms with van der Waals surface area (Å²) >= 11 is 0. The van der Waals surface area contributed by atoms with Gasteiger partial charge in [0.1, 0.15) is 30.3 Å². The summed E-state index contributed by atoms with van der Waals surface area (Å²) in [5.41, 5.74) is 2.94. The van der Waals surface area contributed by atoms with E-state index in [9.17, 15) is 18.7 Å². The Morgan fingerprint density at radius 2 is 1.97 bits per heavy atom. The Hall–Kier alpha value is -3.30. The number of halogens is 2. The van der Waals surface area contributed by atoms with E-state index in [1.165, 1.54) is 30.6 Å². The van der Waals surface area contributed by atoms with Crippen molar-refractivity contribution in [2.45, 2.75) is 25.0 Å². The average molecular weight is 423 g/mol. The minimum atomic E-state index is -0.488. The number of carbonyl (C=O) groups excluding carboxylic acids is 1. The molecular weight excluding hydrogens is 404 g/mol. The second-order valence-electron chi connectivity index (χ2n) is 7.56. The van der Waals surface area contributed by atoms with Crippen molar-refractivity contribution in [2.75, 3.05) is 13.2 Å². The molecule has 0 spiro atoms. The molecule has 2 atom stereocenters. The molecule has 1 aromatic heterocycles. The number of Topliss-reactive ketones (excluding diaryl/α,β-unsaturated/α-hetero) is 1. The molecule has 158 valence electrons. The van der Waals surface area contributed by atoms with Crippen LogP contribution in [-0.2, 0) is 13.1 Å². The number of hydrogen-bond donors (Lipinski definition) is 2. The van der Waals surface area contributed by atoms with Crippen LogP contribution >= 0.6 is 0 Å². The number of hydrogen-bond acceptors (Lipinski definition) is 6. The van der Waals surface area contributed by atoms with Crippen LogP contribution in [0.15, 0.2) is 47.7 Å². The van der Waals surface area contributed by atoms with E-state index in [2.05, 4.69) is 20.4 Å². The Morgan fingerprint density at radius 1 is 1.16 bits per heavy atom. The highest BCUT2D eigenvalue weighted by Crippen LogP contribution is 2.39. The number of aliphatic imine (C=N–C) groups is 1. The van der Waals surface area contributed by atoms with E-state index in [1.54, 1.807) is 16.8 Å². The van der Waals surface area contributed by atoms with Gasteiger partial charge in [0.15, 0.2) is 5.78 Å². The van der Waals surface area contributed by atoms with Crippen LogP contribution < -0.4 is 5.32 Å². The molecule has 5 rings (SSSR count). The van der Waals surface area contributed by atoms with E-state index in [1.807, 2.05) is 0 Å². The van der Waals surface area contributed by atoms with Crippen molar-refractivity contribution >= 4 is 11.5 Å². The summed E-state index contributed by atoms with van der Waals surface area (Å²) in [6.07, 6.45) is 1.40. The van der Waals surface area contributed by atoms with Crippen LogP contribution in [0.5, 0.6) is 0 Å². The summed E-state index contributed by atoms with van der Waals surface area (Å²) in [6.45, 7) is 0.304. The summed E-state index contributed by atoms with van der Waals surface area (Å²) in [5, 5.41) is 17.1. The zero-order valence-corrected chi connectivity index (χ0v) is 16.4. The molecular formula is C22H19F2N5O2. The molecule has 0 aliphatic carbocycles. The number of aliphatic hydroxyl groups excluding tert-OH is 1. The number of aliphatic hydroxyl groups is 1. The van der Waals surface area contributed by atoms with Gasteiger partial charge in [-0.15, -0.1) is 0 Å². The van der Waals surface area contributed by atoms with E-state index in [4.69, 9.17) is 0 Å². The first-order chi connectivity index (χ1) is 15.1. The van der Waals surface area contributed by atoms with Crippen molar-refractivity contribution in [2.24, 2.45) is 4.99 Å². The monoisotopic (exact) mass is 423 g/mol. The Kier molecular flexibility index (Phi) is 4.91. The Morgan fingerprint density at radius 3 is 2.74 bits per heavy atom. The molecule has 2 unspecified atom stereocenters. The number of carbonyl (C=O) groups is 1. The van der Waals surface area contributed by atoms with Crippen molar-refractivity contribution in [3.8, 4) is 0 Å². The predicted octanol–water partition coefficient (Wildman–Crippen LogP) is 2.16. The van der Waals surface area contributed by atoms with Crippen LogP contribution in [0.3, 0.4) is 0 Å². The highest BCUT2D eigenvalue weighted by Gasteiger charge is 2.40. The first-order valence-electron chi connectivity index (χ1n) is 9.94. The van der Waals surface area contributed by atoms with Crippen molar-refractivity contribution in [3.05, 3.63) is 82.4 Å². The fourth-order valence-electron chi connectivity index (χ4n) is 4.43. The van der Waals surface area contributed by atoms with Crippen LogP contribution in [0, 0.1) is 11.6 Å². The Balaban J connectivity index is 1.74. The molecule has 3 heterocycles. The van der Waals surface area contributed by atoms with E-state index in [-0.39, 0.29) is 31.3 Å². The summed E-state index contributed by atoms with van der Waals surface area (Å²) < 4.78 is 29.5. The second-order valence-corrected chi connectivity index (χ2v) is 7.56. The van der Waals surface area contributed by atoms with E-state index < -0.39 is 17.8 Å². The maximum Gasteiger partial charge on any atom is 0.184 e. The van der Waals surface area contributed by atoms with Gasteiger partial charge in [-0.05, 0) is 35.4 Å². The number of nitrogens with one attached hydrogen (secondary N) is 1. The van der Waals surface area contributed by atoms with Crippen molar-refractivity contribution in [3.63, 3.8) is 0 Å². The third kappa shape index (κ3) is 3.35. The number of aromatic nitrogens is 3. The SMILES string of the molecule is O=C1CN=C2c3c(cc(F)cc31)CNC(c1ccc(F)cc1)C2c1ncnn1CCO. The van der Waals surface area contributed by atoms with E-state index >= 15 is 0 Å². The zero-order chi connectivity index (χ0) is 21.5. The summed E-state index contributed by atoms with van der Waals surface area (Å²) in [4.78, 5) is 21.6. The predicted molar refractivity (Wildman–Crippen MR) is 108 cm³/mol. The fraction of sp³-hybridized carbons (Fsp3) is 0.273. The van der Waals surface area contributed by atoms with Crippen molar-refractivity contribution in [1.29, 1.82) is 0 Å². The van der Waals surface area contributed by atoms with Gasteiger partial charge in [-0.1, -0.05) is 12.1 Å². The van der Waals surface area contributed by atoms with E-state index in [0.29, 0.717) is 34.8 Å². The third-order valence-corrected chi connectivity index (χ3v) is 5.74. The highest BCUT2D eigenvalue weighted by molar-refractivity contribution is 6.18. The lowest BCUT2D eigenvalue weighted by molar-refractivity contribution is 0.0999. The molecule has 2 aliphatic heterocycles. The molecule has 9 heteroatoms. The minimum Gasteiger partial charge on any atom is -0.394 e. The molecule has 0 fully saturated rings. The van der Waals surface area contributed by atoms with Gasteiger partial charge >= 0.3 is 0 Å². The molecule has 0 amide bonds. The molecule has 7 nitrogen and oxygen atoms in total. The lowest BCUT2D eigenvalue weighted by Crippen LogP contribution is -2.33. The largest absolute Gasteiger partial charge is 0.394 e. The number of benzene rings is 2. The average Bonchev–Trinajstić information content (AvgIpc) is 3.14. The van der Waals surface area contributed by atoms with Gasteiger partial charge in [0.25, 0.3) is 0 Å². The summed E-state index contributed by atoms with van der Waals surface area (Å²) in [7, 11) is 0. The lowest BCUT2D eigenvalue weighted by Gasteiger charge is -2.29. The maximum absolute atomic E-state index is 14.3. The Bertz CT molecular complexity index is 1190. The van der Waals surface area contributed by atoms with Crippen molar-refractivity contribution in [1.82, 2.24) is 20.1 Å². The first-order valence-corrected chi connectivity index (χ1v) is 9.94.